The van der Waals surface area contributed by atoms with Gasteiger partial charge in [0.15, 0.2) is 5.78 Å². The highest BCUT2D eigenvalue weighted by Gasteiger charge is 2.29. The maximum Gasteiger partial charge on any atom is 0.333 e. The Morgan fingerprint density at radius 3 is 1.52 bits per heavy atom. The van der Waals surface area contributed by atoms with Crippen LogP contribution in [0.4, 0.5) is 0 Å². The van der Waals surface area contributed by atoms with Crippen LogP contribution in [-0.2, 0) is 33.6 Å². The van der Waals surface area contributed by atoms with E-state index in [2.05, 4.69) is 130 Å². The molecule has 0 saturated heterocycles. The highest BCUT2D eigenvalue weighted by atomic mass is 16.5. The van der Waals surface area contributed by atoms with E-state index in [0.29, 0.717) is 36.8 Å². The summed E-state index contributed by atoms with van der Waals surface area (Å²) in [6.45, 7) is 19.1. The minimum absolute atomic E-state index is 0.00269. The average Bonchev–Trinajstić information content (AvgIpc) is 3.22. The predicted octanol–water partition coefficient (Wildman–Crippen LogP) is 10.7. The molecule has 0 amide bonds. The first-order valence-corrected chi connectivity index (χ1v) is 20.6. The lowest BCUT2D eigenvalue weighted by molar-refractivity contribution is -0.139. The quantitative estimate of drug-likeness (QED) is 0.0339. The number of hydrogen-bond donors (Lipinski definition) is 2. The van der Waals surface area contributed by atoms with E-state index >= 15 is 0 Å². The summed E-state index contributed by atoms with van der Waals surface area (Å²) in [5.41, 5.74) is 17.9. The van der Waals surface area contributed by atoms with E-state index in [-0.39, 0.29) is 36.2 Å². The minimum Gasteiger partial charge on any atom is -0.461 e. The van der Waals surface area contributed by atoms with Gasteiger partial charge in [-0.1, -0.05) is 121 Å². The van der Waals surface area contributed by atoms with Crippen molar-refractivity contribution in [1.82, 2.24) is 0 Å². The van der Waals surface area contributed by atoms with E-state index in [0.717, 1.165) is 43.2 Å². The summed E-state index contributed by atoms with van der Waals surface area (Å²) in [5.74, 6) is 2.71. The number of Topliss-reactive ketones (excluding diaryl/α,β-unsaturated/α-hetero) is 1. The lowest BCUT2D eigenvalue weighted by Crippen LogP contribution is -2.28. The normalized spacial score (nSPS) is 13.7. The van der Waals surface area contributed by atoms with Crippen LogP contribution < -0.4 is 5.73 Å². The predicted molar refractivity (Wildman–Crippen MR) is 240 cm³/mol. The SMILES string of the molecule is C#CC(CCc1ccc(C(c2ccc(CCC(N)COC(=O)C(=C)C)cc2)C(c2ccc(C)cc2)c2ccc(CCC(O)CCC(=O)C(=C)C)cc2)cc1)CC(=C)C. The summed E-state index contributed by atoms with van der Waals surface area (Å²) in [6.07, 6.45) is 11.5. The van der Waals surface area contributed by atoms with Crippen molar-refractivity contribution < 1.29 is 19.4 Å². The highest BCUT2D eigenvalue weighted by molar-refractivity contribution is 5.94. The first kappa shape index (κ1) is 45.4. The van der Waals surface area contributed by atoms with Gasteiger partial charge < -0.3 is 15.6 Å². The van der Waals surface area contributed by atoms with Gasteiger partial charge in [0.1, 0.15) is 6.61 Å². The molecule has 4 rings (SSSR count). The second-order valence-electron chi connectivity index (χ2n) is 16.3. The first-order valence-electron chi connectivity index (χ1n) is 20.6. The summed E-state index contributed by atoms with van der Waals surface area (Å²) in [7, 11) is 0. The Kier molecular flexibility index (Phi) is 17.7. The van der Waals surface area contributed by atoms with Gasteiger partial charge in [0.2, 0.25) is 0 Å². The number of aliphatic hydroxyl groups is 1. The summed E-state index contributed by atoms with van der Waals surface area (Å²) in [5, 5.41) is 10.6. The summed E-state index contributed by atoms with van der Waals surface area (Å²) in [6, 6.07) is 35.3. The van der Waals surface area contributed by atoms with Crippen molar-refractivity contribution in [3.8, 4) is 12.3 Å². The Hall–Kier alpha value is -5.28. The van der Waals surface area contributed by atoms with Gasteiger partial charge in [-0.2, -0.15) is 0 Å². The lowest BCUT2D eigenvalue weighted by Gasteiger charge is -2.30. The van der Waals surface area contributed by atoms with Crippen LogP contribution in [0.2, 0.25) is 0 Å². The van der Waals surface area contributed by atoms with Crippen molar-refractivity contribution in [2.24, 2.45) is 11.7 Å². The third-order valence-electron chi connectivity index (χ3n) is 10.9. The molecule has 0 aliphatic heterocycles. The number of terminal acetylenes is 1. The Morgan fingerprint density at radius 1 is 0.672 bits per heavy atom. The molecular formula is C53H63NO4. The zero-order valence-electron chi connectivity index (χ0n) is 35.1. The fraction of sp³-hybridized carbons (Fsp3) is 0.358. The molecule has 0 bridgehead atoms. The molecule has 5 unspecified atom stereocenters. The molecule has 304 valence electrons. The van der Waals surface area contributed by atoms with Crippen LogP contribution in [-0.4, -0.2) is 35.6 Å². The van der Waals surface area contributed by atoms with Crippen molar-refractivity contribution in [3.05, 3.63) is 178 Å². The Bertz CT molecular complexity index is 2020. The number of aliphatic hydroxyl groups excluding tert-OH is 1. The molecule has 0 fully saturated rings. The van der Waals surface area contributed by atoms with Gasteiger partial charge in [-0.25, -0.2) is 4.79 Å². The van der Waals surface area contributed by atoms with Gasteiger partial charge in [-0.05, 0) is 124 Å². The Morgan fingerprint density at radius 2 is 1.10 bits per heavy atom. The first-order chi connectivity index (χ1) is 27.7. The number of esters is 1. The molecule has 0 spiro atoms. The van der Waals surface area contributed by atoms with Crippen molar-refractivity contribution in [3.63, 3.8) is 0 Å². The van der Waals surface area contributed by atoms with Crippen molar-refractivity contribution in [1.29, 1.82) is 0 Å². The minimum atomic E-state index is -0.544. The van der Waals surface area contributed by atoms with Gasteiger partial charge in [-0.3, -0.25) is 4.79 Å². The molecule has 5 atom stereocenters. The molecular weight excluding hydrogens is 715 g/mol. The number of carbonyl (C=O) groups excluding carboxylic acids is 2. The number of aryl methyl sites for hydroxylation is 4. The van der Waals surface area contributed by atoms with Crippen molar-refractivity contribution in [2.45, 2.75) is 109 Å². The number of rotatable bonds is 23. The Labute approximate surface area is 348 Å². The lowest BCUT2D eigenvalue weighted by atomic mass is 9.73. The van der Waals surface area contributed by atoms with Crippen LogP contribution in [0.5, 0.6) is 0 Å². The monoisotopic (exact) mass is 777 g/mol. The molecule has 0 heterocycles. The standard InChI is InChI=1S/C53H63NO4/c1-9-40(34-36(2)3)12-13-41-14-24-46(25-15-41)52(47-26-16-42(17-27-47)20-30-48(54)35-58-53(57)38(6)7)51(44-22-10-39(8)11-23-44)45-28-18-43(19-29-45)21-31-49(55)32-33-50(56)37(4)5/h1,10-11,14-19,22-29,40,48-49,51-52,55H,2,4,6,12-13,20-21,30-35,54H2,3,5,7-8H3. The third-order valence-corrected chi connectivity index (χ3v) is 10.9. The summed E-state index contributed by atoms with van der Waals surface area (Å²) >= 11 is 0. The van der Waals surface area contributed by atoms with E-state index in [1.807, 2.05) is 6.92 Å². The second kappa shape index (κ2) is 22.6. The van der Waals surface area contributed by atoms with Crippen LogP contribution in [0.25, 0.3) is 0 Å². The van der Waals surface area contributed by atoms with Crippen molar-refractivity contribution >= 4 is 11.8 Å². The van der Waals surface area contributed by atoms with Gasteiger partial charge in [0.25, 0.3) is 0 Å². The van der Waals surface area contributed by atoms with Crippen LogP contribution in [0.3, 0.4) is 0 Å². The summed E-state index contributed by atoms with van der Waals surface area (Å²) < 4.78 is 5.28. The third kappa shape index (κ3) is 14.3. The van der Waals surface area contributed by atoms with E-state index in [1.165, 1.54) is 38.9 Å². The van der Waals surface area contributed by atoms with Gasteiger partial charge in [-0.15, -0.1) is 18.9 Å². The molecule has 0 radical (unpaired) electrons. The van der Waals surface area contributed by atoms with Gasteiger partial charge in [0.05, 0.1) is 6.10 Å². The smallest absolute Gasteiger partial charge is 0.333 e. The molecule has 0 saturated carbocycles. The van der Waals surface area contributed by atoms with Crippen LogP contribution in [0, 0.1) is 25.2 Å². The second-order valence-corrected chi connectivity index (χ2v) is 16.3. The molecule has 5 heteroatoms. The number of allylic oxidation sites excluding steroid dienone is 2. The molecule has 0 aromatic heterocycles. The maximum absolute atomic E-state index is 12.0. The number of hydrogen-bond acceptors (Lipinski definition) is 5. The van der Waals surface area contributed by atoms with Crippen LogP contribution >= 0.6 is 0 Å². The number of benzene rings is 4. The molecule has 4 aromatic rings. The van der Waals surface area contributed by atoms with E-state index < -0.39 is 12.1 Å². The number of nitrogens with two attached hydrogens (primary N) is 1. The molecule has 4 aromatic carbocycles. The largest absolute Gasteiger partial charge is 0.461 e. The fourth-order valence-corrected chi connectivity index (χ4v) is 7.34. The fourth-order valence-electron chi connectivity index (χ4n) is 7.34. The van der Waals surface area contributed by atoms with E-state index in [1.54, 1.807) is 13.8 Å². The zero-order chi connectivity index (χ0) is 42.2. The number of ether oxygens (including phenoxy) is 1. The maximum atomic E-state index is 12.0. The van der Waals surface area contributed by atoms with Crippen molar-refractivity contribution in [2.75, 3.05) is 6.61 Å². The van der Waals surface area contributed by atoms with Gasteiger partial charge >= 0.3 is 5.97 Å². The van der Waals surface area contributed by atoms with Crippen LogP contribution in [0.1, 0.15) is 116 Å². The molecule has 58 heavy (non-hydrogen) atoms. The van der Waals surface area contributed by atoms with E-state index in [9.17, 15) is 14.7 Å². The van der Waals surface area contributed by atoms with Gasteiger partial charge in [0, 0.05) is 35.8 Å². The Balaban J connectivity index is 1.65. The van der Waals surface area contributed by atoms with E-state index in [4.69, 9.17) is 16.9 Å². The van der Waals surface area contributed by atoms with Crippen LogP contribution in [0.15, 0.2) is 134 Å². The molecule has 3 N–H and O–H groups in total. The highest BCUT2D eigenvalue weighted by Crippen LogP contribution is 2.43. The molecule has 0 aliphatic carbocycles. The number of carbonyl (C=O) groups is 2. The topological polar surface area (TPSA) is 89.6 Å². The number of ketones is 1. The average molecular weight is 778 g/mol. The summed E-state index contributed by atoms with van der Waals surface area (Å²) in [4.78, 5) is 23.9. The zero-order valence-corrected chi connectivity index (χ0v) is 35.1. The molecule has 0 aliphatic rings. The molecule has 5 nitrogen and oxygen atoms in total.